The van der Waals surface area contributed by atoms with Gasteiger partial charge in [0, 0.05) is 28.3 Å². The van der Waals surface area contributed by atoms with Crippen LogP contribution in [0.3, 0.4) is 0 Å². The van der Waals surface area contributed by atoms with Crippen LogP contribution in [-0.2, 0) is 0 Å². The van der Waals surface area contributed by atoms with Crippen molar-refractivity contribution in [3.63, 3.8) is 0 Å². The number of pyridine rings is 1. The quantitative estimate of drug-likeness (QED) is 0.584. The van der Waals surface area contributed by atoms with E-state index in [0.717, 1.165) is 4.70 Å². The number of carbonyl (C=O) groups is 1. The number of methoxy groups -OCH3 is 1. The first-order valence-electron chi connectivity index (χ1n) is 6.56. The van der Waals surface area contributed by atoms with E-state index in [4.69, 9.17) is 4.74 Å². The standard InChI is InChI=1S/C15H11N3O4S/c1-22-14-5-2-10(8-16-14)17-15(19)13-7-9-6-11(18(20)21)3-4-12(9)23-13/h2-8H,1H3,(H,17,19). The second-order valence-electron chi connectivity index (χ2n) is 4.63. The van der Waals surface area contributed by atoms with Crippen molar-refractivity contribution in [3.05, 3.63) is 57.6 Å². The number of nitro benzene ring substituents is 1. The molecule has 0 aliphatic carbocycles. The molecule has 3 rings (SSSR count). The fourth-order valence-electron chi connectivity index (χ4n) is 2.02. The molecule has 1 N–H and O–H groups in total. The van der Waals surface area contributed by atoms with Gasteiger partial charge in [0.05, 0.1) is 28.8 Å². The normalized spacial score (nSPS) is 10.5. The molecule has 1 aromatic carbocycles. The van der Waals surface area contributed by atoms with Gasteiger partial charge in [0.2, 0.25) is 5.88 Å². The van der Waals surface area contributed by atoms with Gasteiger partial charge in [-0.1, -0.05) is 0 Å². The number of fused-ring (bicyclic) bond motifs is 1. The maximum absolute atomic E-state index is 12.3. The molecular weight excluding hydrogens is 318 g/mol. The van der Waals surface area contributed by atoms with Gasteiger partial charge in [0.25, 0.3) is 11.6 Å². The molecule has 0 radical (unpaired) electrons. The number of hydrogen-bond acceptors (Lipinski definition) is 6. The van der Waals surface area contributed by atoms with Crippen LogP contribution in [0.1, 0.15) is 9.67 Å². The number of nitrogens with zero attached hydrogens (tertiary/aromatic N) is 2. The van der Waals surface area contributed by atoms with E-state index in [1.807, 2.05) is 0 Å². The lowest BCUT2D eigenvalue weighted by molar-refractivity contribution is -0.384. The smallest absolute Gasteiger partial charge is 0.270 e. The maximum atomic E-state index is 12.3. The summed E-state index contributed by atoms with van der Waals surface area (Å²) in [4.78, 5) is 27.1. The van der Waals surface area contributed by atoms with Crippen LogP contribution in [0.4, 0.5) is 11.4 Å². The van der Waals surface area contributed by atoms with Crippen molar-refractivity contribution >= 4 is 38.7 Å². The van der Waals surface area contributed by atoms with Gasteiger partial charge in [-0.3, -0.25) is 14.9 Å². The van der Waals surface area contributed by atoms with Crippen molar-refractivity contribution in [2.24, 2.45) is 0 Å². The summed E-state index contributed by atoms with van der Waals surface area (Å²) in [6.45, 7) is 0. The van der Waals surface area contributed by atoms with Crippen molar-refractivity contribution in [3.8, 4) is 5.88 Å². The lowest BCUT2D eigenvalue weighted by atomic mass is 10.2. The fraction of sp³-hybridized carbons (Fsp3) is 0.0667. The molecule has 23 heavy (non-hydrogen) atoms. The van der Waals surface area contributed by atoms with Gasteiger partial charge in [-0.05, 0) is 18.2 Å². The Balaban J connectivity index is 1.83. The minimum Gasteiger partial charge on any atom is -0.481 e. The molecule has 116 valence electrons. The third-order valence-corrected chi connectivity index (χ3v) is 4.25. The zero-order valence-corrected chi connectivity index (χ0v) is 12.8. The molecule has 7 nitrogen and oxygen atoms in total. The summed E-state index contributed by atoms with van der Waals surface area (Å²) in [5.41, 5.74) is 0.542. The molecule has 8 heteroatoms. The number of non-ortho nitro benzene ring substituents is 1. The monoisotopic (exact) mass is 329 g/mol. The van der Waals surface area contributed by atoms with E-state index in [-0.39, 0.29) is 11.6 Å². The fourth-order valence-corrected chi connectivity index (χ4v) is 2.96. The highest BCUT2D eigenvalue weighted by Crippen LogP contribution is 2.29. The molecule has 2 aromatic heterocycles. The summed E-state index contributed by atoms with van der Waals surface area (Å²) >= 11 is 1.27. The van der Waals surface area contributed by atoms with Crippen molar-refractivity contribution in [2.45, 2.75) is 0 Å². The predicted octanol–water partition coefficient (Wildman–Crippen LogP) is 3.47. The van der Waals surface area contributed by atoms with Gasteiger partial charge in [0.1, 0.15) is 0 Å². The topological polar surface area (TPSA) is 94.4 Å². The number of ether oxygens (including phenoxy) is 1. The van der Waals surface area contributed by atoms with Crippen LogP contribution in [0.25, 0.3) is 10.1 Å². The zero-order valence-electron chi connectivity index (χ0n) is 12.0. The van der Waals surface area contributed by atoms with Crippen LogP contribution in [0.5, 0.6) is 5.88 Å². The Labute approximate surface area is 134 Å². The van der Waals surface area contributed by atoms with Crippen LogP contribution in [0.2, 0.25) is 0 Å². The van der Waals surface area contributed by atoms with E-state index in [1.165, 1.54) is 36.8 Å². The summed E-state index contributed by atoms with van der Waals surface area (Å²) in [5, 5.41) is 14.2. The molecule has 0 atom stereocenters. The minimum absolute atomic E-state index is 0.00149. The molecule has 0 saturated carbocycles. The Kier molecular flexibility index (Phi) is 3.90. The van der Waals surface area contributed by atoms with Gasteiger partial charge >= 0.3 is 0 Å². The van der Waals surface area contributed by atoms with E-state index < -0.39 is 4.92 Å². The molecule has 0 unspecified atom stereocenters. The van der Waals surface area contributed by atoms with Gasteiger partial charge in [0.15, 0.2) is 0 Å². The van der Waals surface area contributed by atoms with Crippen LogP contribution < -0.4 is 10.1 Å². The Hall–Kier alpha value is -3.00. The molecule has 0 aliphatic heterocycles. The van der Waals surface area contributed by atoms with Crippen molar-refractivity contribution in [2.75, 3.05) is 12.4 Å². The number of benzene rings is 1. The highest BCUT2D eigenvalue weighted by Gasteiger charge is 2.13. The predicted molar refractivity (Wildman–Crippen MR) is 87.2 cm³/mol. The van der Waals surface area contributed by atoms with Gasteiger partial charge in [-0.25, -0.2) is 4.98 Å². The van der Waals surface area contributed by atoms with Gasteiger partial charge < -0.3 is 10.1 Å². The van der Waals surface area contributed by atoms with Gasteiger partial charge in [-0.15, -0.1) is 11.3 Å². The number of hydrogen-bond donors (Lipinski definition) is 1. The van der Waals surface area contributed by atoms with Crippen molar-refractivity contribution in [1.29, 1.82) is 0 Å². The van der Waals surface area contributed by atoms with E-state index in [1.54, 1.807) is 24.3 Å². The number of thiophene rings is 1. The van der Waals surface area contributed by atoms with Crippen LogP contribution >= 0.6 is 11.3 Å². The van der Waals surface area contributed by atoms with E-state index in [9.17, 15) is 14.9 Å². The Morgan fingerprint density at radius 3 is 2.78 bits per heavy atom. The Bertz CT molecular complexity index is 889. The molecule has 2 heterocycles. The molecule has 0 bridgehead atoms. The summed E-state index contributed by atoms with van der Waals surface area (Å²) < 4.78 is 5.77. The number of anilines is 1. The van der Waals surface area contributed by atoms with Crippen molar-refractivity contribution < 1.29 is 14.5 Å². The Morgan fingerprint density at radius 1 is 1.30 bits per heavy atom. The molecule has 3 aromatic rings. The third-order valence-electron chi connectivity index (χ3n) is 3.14. The number of carbonyl (C=O) groups excluding carboxylic acids is 1. The zero-order chi connectivity index (χ0) is 16.4. The first kappa shape index (κ1) is 14.9. The first-order valence-corrected chi connectivity index (χ1v) is 7.38. The van der Waals surface area contributed by atoms with Crippen molar-refractivity contribution in [1.82, 2.24) is 4.98 Å². The van der Waals surface area contributed by atoms with E-state index in [2.05, 4.69) is 10.3 Å². The highest BCUT2D eigenvalue weighted by atomic mass is 32.1. The number of rotatable bonds is 4. The summed E-state index contributed by atoms with van der Waals surface area (Å²) in [7, 11) is 1.51. The van der Waals surface area contributed by atoms with E-state index in [0.29, 0.717) is 21.8 Å². The third kappa shape index (κ3) is 3.11. The van der Waals surface area contributed by atoms with Gasteiger partial charge in [-0.2, -0.15) is 0 Å². The largest absolute Gasteiger partial charge is 0.481 e. The minimum atomic E-state index is -0.458. The molecular formula is C15H11N3O4S. The average Bonchev–Trinajstić information content (AvgIpc) is 2.98. The average molecular weight is 329 g/mol. The SMILES string of the molecule is COc1ccc(NC(=O)c2cc3cc([N+](=O)[O-])ccc3s2)cn1. The number of amides is 1. The Morgan fingerprint density at radius 2 is 2.13 bits per heavy atom. The molecule has 0 fully saturated rings. The number of nitro groups is 1. The highest BCUT2D eigenvalue weighted by molar-refractivity contribution is 7.20. The molecule has 0 spiro atoms. The van der Waals surface area contributed by atoms with Crippen LogP contribution in [0.15, 0.2) is 42.6 Å². The maximum Gasteiger partial charge on any atom is 0.270 e. The number of aromatic nitrogens is 1. The van der Waals surface area contributed by atoms with Crippen LogP contribution in [0, 0.1) is 10.1 Å². The molecule has 0 aliphatic rings. The molecule has 1 amide bonds. The lowest BCUT2D eigenvalue weighted by Crippen LogP contribution is -2.10. The lowest BCUT2D eigenvalue weighted by Gasteiger charge is -2.03. The van der Waals surface area contributed by atoms with E-state index >= 15 is 0 Å². The second kappa shape index (κ2) is 6.01. The first-order chi connectivity index (χ1) is 11.1. The number of nitrogens with one attached hydrogen (secondary N) is 1. The molecule has 0 saturated heterocycles. The second-order valence-corrected chi connectivity index (χ2v) is 5.72. The summed E-state index contributed by atoms with van der Waals surface area (Å²) in [5.74, 6) is 0.165. The van der Waals surface area contributed by atoms with Crippen LogP contribution in [-0.4, -0.2) is 22.9 Å². The summed E-state index contributed by atoms with van der Waals surface area (Å²) in [6, 6.07) is 9.49. The summed E-state index contributed by atoms with van der Waals surface area (Å²) in [6.07, 6.45) is 1.49.